The van der Waals surface area contributed by atoms with Gasteiger partial charge in [0, 0.05) is 18.3 Å². The number of likely N-dealkylation sites (N-methyl/N-ethyl adjacent to an activating group) is 1. The van der Waals surface area contributed by atoms with Gasteiger partial charge in [0.05, 0.1) is 6.42 Å². The minimum atomic E-state index is 0.0935. The van der Waals surface area contributed by atoms with Crippen LogP contribution in [0, 0.1) is 5.92 Å². The monoisotopic (exact) mass is 288 g/mol. The highest BCUT2D eigenvalue weighted by atomic mass is 16.1. The van der Waals surface area contributed by atoms with Gasteiger partial charge in [0.15, 0.2) is 0 Å². The molecular weight excluding hydrogens is 260 g/mol. The maximum atomic E-state index is 11.6. The van der Waals surface area contributed by atoms with E-state index in [1.807, 2.05) is 6.92 Å². The van der Waals surface area contributed by atoms with Crippen LogP contribution in [-0.2, 0) is 11.2 Å². The van der Waals surface area contributed by atoms with Crippen LogP contribution in [0.5, 0.6) is 0 Å². The van der Waals surface area contributed by atoms with Crippen LogP contribution in [0.2, 0.25) is 0 Å². The smallest absolute Gasteiger partial charge is 0.224 e. The number of hydrogen-bond acceptors (Lipinski definition) is 2. The first-order valence-electron chi connectivity index (χ1n) is 8.29. The van der Waals surface area contributed by atoms with E-state index in [-0.39, 0.29) is 5.91 Å². The Labute approximate surface area is 128 Å². The van der Waals surface area contributed by atoms with Gasteiger partial charge in [0.1, 0.15) is 0 Å². The van der Waals surface area contributed by atoms with E-state index in [2.05, 4.69) is 41.8 Å². The summed E-state index contributed by atoms with van der Waals surface area (Å²) >= 11 is 0. The van der Waals surface area contributed by atoms with Crippen molar-refractivity contribution < 1.29 is 4.79 Å². The van der Waals surface area contributed by atoms with Crippen molar-refractivity contribution in [2.75, 3.05) is 11.9 Å². The van der Waals surface area contributed by atoms with Crippen LogP contribution in [-0.4, -0.2) is 18.5 Å². The molecule has 1 aromatic carbocycles. The lowest BCUT2D eigenvalue weighted by Gasteiger charge is -2.18. The molecule has 0 aliphatic heterocycles. The predicted molar refractivity (Wildman–Crippen MR) is 88.5 cm³/mol. The average molecular weight is 288 g/mol. The van der Waals surface area contributed by atoms with Gasteiger partial charge in [-0.25, -0.2) is 0 Å². The second kappa shape index (κ2) is 8.06. The summed E-state index contributed by atoms with van der Waals surface area (Å²) in [5.41, 5.74) is 2.25. The Morgan fingerprint density at radius 1 is 1.14 bits per heavy atom. The van der Waals surface area contributed by atoms with E-state index in [0.717, 1.165) is 11.5 Å². The van der Waals surface area contributed by atoms with E-state index in [4.69, 9.17) is 0 Å². The van der Waals surface area contributed by atoms with Crippen LogP contribution in [0.15, 0.2) is 24.3 Å². The number of nitrogens with one attached hydrogen (secondary N) is 2. The lowest BCUT2D eigenvalue weighted by molar-refractivity contribution is -0.120. The minimum Gasteiger partial charge on any atom is -0.382 e. The summed E-state index contributed by atoms with van der Waals surface area (Å²) in [4.78, 5) is 11.6. The molecule has 21 heavy (non-hydrogen) atoms. The van der Waals surface area contributed by atoms with Gasteiger partial charge < -0.3 is 10.6 Å². The van der Waals surface area contributed by atoms with E-state index < -0.39 is 0 Å². The maximum Gasteiger partial charge on any atom is 0.224 e. The van der Waals surface area contributed by atoms with Gasteiger partial charge in [-0.05, 0) is 49.8 Å². The van der Waals surface area contributed by atoms with Gasteiger partial charge in [-0.15, -0.1) is 0 Å². The summed E-state index contributed by atoms with van der Waals surface area (Å²) in [5, 5.41) is 6.48. The first-order valence-corrected chi connectivity index (χ1v) is 8.29. The van der Waals surface area contributed by atoms with Crippen LogP contribution in [0.3, 0.4) is 0 Å². The number of rotatable bonds is 5. The molecule has 2 unspecified atom stereocenters. The Balaban J connectivity index is 1.85. The highest BCUT2D eigenvalue weighted by molar-refractivity contribution is 5.78. The highest BCUT2D eigenvalue weighted by Gasteiger charge is 2.15. The Kier molecular flexibility index (Phi) is 6.09. The topological polar surface area (TPSA) is 41.1 Å². The second-order valence-corrected chi connectivity index (χ2v) is 6.28. The lowest BCUT2D eigenvalue weighted by Crippen LogP contribution is -2.24. The molecule has 2 N–H and O–H groups in total. The molecule has 116 valence electrons. The number of benzene rings is 1. The molecule has 1 saturated carbocycles. The summed E-state index contributed by atoms with van der Waals surface area (Å²) in [6, 6.07) is 8.91. The fourth-order valence-corrected chi connectivity index (χ4v) is 3.03. The zero-order valence-electron chi connectivity index (χ0n) is 13.3. The largest absolute Gasteiger partial charge is 0.382 e. The molecule has 1 fully saturated rings. The van der Waals surface area contributed by atoms with Gasteiger partial charge in [-0.1, -0.05) is 31.9 Å². The van der Waals surface area contributed by atoms with Gasteiger partial charge in [-0.3, -0.25) is 4.79 Å². The standard InChI is InChI=1S/C18H28N2O/c1-3-19-18(21)13-15-8-11-17(12-9-15)20-16-6-4-5-14(2)7-10-16/h8-9,11-12,14,16,20H,3-7,10,13H2,1-2H3,(H,19,21). The molecule has 0 bridgehead atoms. The molecule has 0 saturated heterocycles. The van der Waals surface area contributed by atoms with Crippen molar-refractivity contribution in [1.82, 2.24) is 5.32 Å². The van der Waals surface area contributed by atoms with E-state index in [0.29, 0.717) is 19.0 Å². The first kappa shape index (κ1) is 15.9. The Hall–Kier alpha value is -1.51. The summed E-state index contributed by atoms with van der Waals surface area (Å²) < 4.78 is 0. The van der Waals surface area contributed by atoms with E-state index in [1.165, 1.54) is 37.8 Å². The van der Waals surface area contributed by atoms with E-state index >= 15 is 0 Å². The van der Waals surface area contributed by atoms with Crippen LogP contribution in [0.4, 0.5) is 5.69 Å². The zero-order chi connectivity index (χ0) is 15.1. The minimum absolute atomic E-state index is 0.0935. The van der Waals surface area contributed by atoms with Crippen molar-refractivity contribution in [3.63, 3.8) is 0 Å². The van der Waals surface area contributed by atoms with Crippen molar-refractivity contribution in [2.24, 2.45) is 5.92 Å². The number of hydrogen-bond donors (Lipinski definition) is 2. The van der Waals surface area contributed by atoms with E-state index in [1.54, 1.807) is 0 Å². The van der Waals surface area contributed by atoms with Crippen molar-refractivity contribution in [2.45, 2.75) is 58.4 Å². The summed E-state index contributed by atoms with van der Waals surface area (Å²) in [7, 11) is 0. The fraction of sp³-hybridized carbons (Fsp3) is 0.611. The summed E-state index contributed by atoms with van der Waals surface area (Å²) in [5.74, 6) is 0.965. The van der Waals surface area contributed by atoms with E-state index in [9.17, 15) is 4.79 Å². The normalized spacial score (nSPS) is 22.4. The molecule has 1 amide bonds. The predicted octanol–water partition coefficient (Wildman–Crippen LogP) is 3.75. The number of carbonyl (C=O) groups excluding carboxylic acids is 1. The Bertz CT molecular complexity index is 441. The molecule has 0 radical (unpaired) electrons. The lowest BCUT2D eigenvalue weighted by atomic mass is 10.0. The molecule has 0 heterocycles. The van der Waals surface area contributed by atoms with Crippen molar-refractivity contribution in [3.8, 4) is 0 Å². The Morgan fingerprint density at radius 2 is 1.90 bits per heavy atom. The molecule has 2 atom stereocenters. The molecule has 2 rings (SSSR count). The van der Waals surface area contributed by atoms with Crippen LogP contribution in [0.25, 0.3) is 0 Å². The number of anilines is 1. The molecule has 1 aliphatic carbocycles. The highest BCUT2D eigenvalue weighted by Crippen LogP contribution is 2.25. The molecule has 1 aliphatic rings. The third-order valence-corrected chi connectivity index (χ3v) is 4.32. The Morgan fingerprint density at radius 3 is 2.62 bits per heavy atom. The molecule has 3 nitrogen and oxygen atoms in total. The van der Waals surface area contributed by atoms with Crippen LogP contribution < -0.4 is 10.6 Å². The quantitative estimate of drug-likeness (QED) is 0.810. The SMILES string of the molecule is CCNC(=O)Cc1ccc(NC2CCCC(C)CC2)cc1. The molecular formula is C18H28N2O. The summed E-state index contributed by atoms with van der Waals surface area (Å²) in [6.45, 7) is 5.00. The van der Waals surface area contributed by atoms with Crippen molar-refractivity contribution >= 4 is 11.6 Å². The molecule has 3 heteroatoms. The van der Waals surface area contributed by atoms with Crippen LogP contribution >= 0.6 is 0 Å². The molecule has 0 aromatic heterocycles. The van der Waals surface area contributed by atoms with Gasteiger partial charge >= 0.3 is 0 Å². The van der Waals surface area contributed by atoms with Gasteiger partial charge in [0.25, 0.3) is 0 Å². The second-order valence-electron chi connectivity index (χ2n) is 6.28. The number of amides is 1. The zero-order valence-corrected chi connectivity index (χ0v) is 13.3. The van der Waals surface area contributed by atoms with Crippen LogP contribution in [0.1, 0.15) is 51.5 Å². The fourth-order valence-electron chi connectivity index (χ4n) is 3.03. The number of carbonyl (C=O) groups is 1. The third-order valence-electron chi connectivity index (χ3n) is 4.32. The third kappa shape index (κ3) is 5.41. The van der Waals surface area contributed by atoms with Crippen molar-refractivity contribution in [1.29, 1.82) is 0 Å². The molecule has 1 aromatic rings. The maximum absolute atomic E-state index is 11.6. The van der Waals surface area contributed by atoms with Crippen molar-refractivity contribution in [3.05, 3.63) is 29.8 Å². The molecule has 0 spiro atoms. The first-order chi connectivity index (χ1) is 10.2. The summed E-state index contributed by atoms with van der Waals surface area (Å²) in [6.07, 6.45) is 7.02. The average Bonchev–Trinajstić information content (AvgIpc) is 2.66. The van der Waals surface area contributed by atoms with Gasteiger partial charge in [0.2, 0.25) is 5.91 Å². The van der Waals surface area contributed by atoms with Gasteiger partial charge in [-0.2, -0.15) is 0 Å².